The molecule has 0 radical (unpaired) electrons. The van der Waals surface area contributed by atoms with Crippen molar-refractivity contribution in [3.63, 3.8) is 0 Å². The van der Waals surface area contributed by atoms with Crippen LogP contribution in [-0.2, 0) is 6.42 Å². The normalized spacial score (nSPS) is 11.0. The molecule has 5 nitrogen and oxygen atoms in total. The lowest BCUT2D eigenvalue weighted by atomic mass is 10.1. The van der Waals surface area contributed by atoms with Crippen LogP contribution in [0.3, 0.4) is 0 Å². The summed E-state index contributed by atoms with van der Waals surface area (Å²) in [4.78, 5) is 22.4. The molecule has 0 unspecified atom stereocenters. The zero-order chi connectivity index (χ0) is 19.3. The molecule has 28 heavy (non-hydrogen) atoms. The number of benzene rings is 2. The van der Waals surface area contributed by atoms with Crippen LogP contribution >= 0.6 is 23.1 Å². The van der Waals surface area contributed by atoms with E-state index in [9.17, 15) is 9.90 Å². The molecular formula is C21H19N3O2S2. The van der Waals surface area contributed by atoms with Crippen LogP contribution in [-0.4, -0.2) is 25.8 Å². The number of aryl methyl sites for hydroxylation is 1. The number of aromatic nitrogens is 3. The topological polar surface area (TPSA) is 81.8 Å². The van der Waals surface area contributed by atoms with Crippen LogP contribution in [0.25, 0.3) is 22.5 Å². The van der Waals surface area contributed by atoms with Gasteiger partial charge in [-0.25, -0.2) is 4.98 Å². The number of thiazole rings is 1. The first kappa shape index (κ1) is 18.6. The van der Waals surface area contributed by atoms with Crippen LogP contribution in [0.4, 0.5) is 0 Å². The minimum absolute atomic E-state index is 0.00396. The van der Waals surface area contributed by atoms with E-state index in [1.54, 1.807) is 11.8 Å². The van der Waals surface area contributed by atoms with E-state index in [1.165, 1.54) is 0 Å². The van der Waals surface area contributed by atoms with Crippen molar-refractivity contribution in [1.29, 1.82) is 0 Å². The van der Waals surface area contributed by atoms with Crippen molar-refractivity contribution in [2.24, 2.45) is 0 Å². The Morgan fingerprint density at radius 2 is 1.64 bits per heavy atom. The van der Waals surface area contributed by atoms with Crippen molar-refractivity contribution in [3.05, 3.63) is 75.2 Å². The molecule has 0 saturated carbocycles. The molecule has 4 rings (SSSR count). The van der Waals surface area contributed by atoms with Crippen molar-refractivity contribution in [3.8, 4) is 28.4 Å². The standard InChI is InChI=1S/C21H19N3O2S2/c25-19-16(28-21(26)24-19)12-7-13-27-20-22-17(14-8-3-1-4-9-14)18(23-20)15-10-5-2-6-11-15/h1-6,8-11,25H,7,12-13H2,(H,22,23)(H,24,26). The Hall–Kier alpha value is -2.77. The second-order valence-electron chi connectivity index (χ2n) is 6.24. The number of rotatable bonds is 7. The fourth-order valence-electron chi connectivity index (χ4n) is 2.96. The van der Waals surface area contributed by atoms with E-state index >= 15 is 0 Å². The molecule has 7 heteroatoms. The van der Waals surface area contributed by atoms with Crippen LogP contribution in [0, 0.1) is 0 Å². The fraction of sp³-hybridized carbons (Fsp3) is 0.143. The van der Waals surface area contributed by atoms with Gasteiger partial charge in [0.2, 0.25) is 5.88 Å². The van der Waals surface area contributed by atoms with Gasteiger partial charge in [-0.15, -0.1) is 0 Å². The van der Waals surface area contributed by atoms with E-state index < -0.39 is 0 Å². The van der Waals surface area contributed by atoms with Gasteiger partial charge in [0.05, 0.1) is 16.3 Å². The number of hydrogen-bond acceptors (Lipinski definition) is 5. The molecule has 3 N–H and O–H groups in total. The second kappa shape index (κ2) is 8.50. The molecular weight excluding hydrogens is 390 g/mol. The highest BCUT2D eigenvalue weighted by atomic mass is 32.2. The van der Waals surface area contributed by atoms with Crippen molar-refractivity contribution < 1.29 is 5.11 Å². The maximum Gasteiger partial charge on any atom is 0.307 e. The molecule has 2 heterocycles. The van der Waals surface area contributed by atoms with E-state index in [0.717, 1.165) is 51.2 Å². The number of H-pyrrole nitrogens is 2. The molecule has 0 aliphatic heterocycles. The third kappa shape index (κ3) is 4.21. The largest absolute Gasteiger partial charge is 0.494 e. The van der Waals surface area contributed by atoms with Gasteiger partial charge in [0.15, 0.2) is 5.16 Å². The van der Waals surface area contributed by atoms with Gasteiger partial charge >= 0.3 is 4.87 Å². The summed E-state index contributed by atoms with van der Waals surface area (Å²) in [5.41, 5.74) is 4.13. The fourth-order valence-corrected chi connectivity index (χ4v) is 4.54. The van der Waals surface area contributed by atoms with Gasteiger partial charge in [0.1, 0.15) is 0 Å². The summed E-state index contributed by atoms with van der Waals surface area (Å²) in [6.45, 7) is 0. The highest BCUT2D eigenvalue weighted by molar-refractivity contribution is 7.99. The Labute approximate surface area is 170 Å². The van der Waals surface area contributed by atoms with Gasteiger partial charge < -0.3 is 10.1 Å². The Morgan fingerprint density at radius 1 is 0.964 bits per heavy atom. The van der Waals surface area contributed by atoms with E-state index in [0.29, 0.717) is 11.3 Å². The van der Waals surface area contributed by atoms with Crippen molar-refractivity contribution in [1.82, 2.24) is 15.0 Å². The third-order valence-corrected chi connectivity index (χ3v) is 6.17. The quantitative estimate of drug-likeness (QED) is 0.299. The lowest BCUT2D eigenvalue weighted by Gasteiger charge is -2.02. The minimum atomic E-state index is -0.216. The average Bonchev–Trinajstić information content (AvgIpc) is 3.29. The highest BCUT2D eigenvalue weighted by Crippen LogP contribution is 2.32. The smallest absolute Gasteiger partial charge is 0.307 e. The number of aromatic hydroxyl groups is 1. The van der Waals surface area contributed by atoms with Gasteiger partial charge in [-0.05, 0) is 12.8 Å². The van der Waals surface area contributed by atoms with Crippen LogP contribution in [0.1, 0.15) is 11.3 Å². The van der Waals surface area contributed by atoms with Crippen molar-refractivity contribution in [2.45, 2.75) is 18.0 Å². The van der Waals surface area contributed by atoms with E-state index in [4.69, 9.17) is 4.98 Å². The molecule has 2 aromatic carbocycles. The summed E-state index contributed by atoms with van der Waals surface area (Å²) >= 11 is 2.71. The van der Waals surface area contributed by atoms with Gasteiger partial charge in [-0.1, -0.05) is 83.8 Å². The van der Waals surface area contributed by atoms with E-state index in [-0.39, 0.29) is 10.8 Å². The molecule has 2 aromatic heterocycles. The second-order valence-corrected chi connectivity index (χ2v) is 8.39. The lowest BCUT2D eigenvalue weighted by molar-refractivity contribution is 0.450. The number of hydrogen-bond donors (Lipinski definition) is 3. The van der Waals surface area contributed by atoms with Gasteiger partial charge in [-0.3, -0.25) is 9.78 Å². The lowest BCUT2D eigenvalue weighted by Crippen LogP contribution is -1.89. The SMILES string of the molecule is O=c1[nH]c(O)c(CCCSc2nc(-c3ccccc3)c(-c3ccccc3)[nH]2)s1. The number of nitrogens with zero attached hydrogens (tertiary/aromatic N) is 1. The average molecular weight is 410 g/mol. The first-order valence-electron chi connectivity index (χ1n) is 8.95. The molecule has 0 fully saturated rings. The number of aromatic amines is 2. The van der Waals surface area contributed by atoms with Crippen LogP contribution in [0.2, 0.25) is 0 Å². The predicted molar refractivity (Wildman–Crippen MR) is 115 cm³/mol. The molecule has 142 valence electrons. The molecule has 0 aliphatic rings. The molecule has 0 spiro atoms. The molecule has 0 saturated heterocycles. The Kier molecular flexibility index (Phi) is 5.64. The first-order valence-corrected chi connectivity index (χ1v) is 10.8. The monoisotopic (exact) mass is 409 g/mol. The third-order valence-electron chi connectivity index (χ3n) is 4.28. The summed E-state index contributed by atoms with van der Waals surface area (Å²) < 4.78 is 0. The Bertz CT molecular complexity index is 1040. The summed E-state index contributed by atoms with van der Waals surface area (Å²) in [6.07, 6.45) is 1.51. The molecule has 0 atom stereocenters. The minimum Gasteiger partial charge on any atom is -0.494 e. The maximum atomic E-state index is 11.3. The molecule has 0 amide bonds. The molecule has 4 aromatic rings. The summed E-state index contributed by atoms with van der Waals surface area (Å²) in [6, 6.07) is 20.3. The van der Waals surface area contributed by atoms with Crippen molar-refractivity contribution >= 4 is 23.1 Å². The van der Waals surface area contributed by atoms with E-state index in [2.05, 4.69) is 34.2 Å². The Morgan fingerprint density at radius 3 is 2.29 bits per heavy atom. The summed E-state index contributed by atoms with van der Waals surface area (Å²) in [5.74, 6) is 0.831. The van der Waals surface area contributed by atoms with Crippen molar-refractivity contribution in [2.75, 3.05) is 5.75 Å². The first-order chi connectivity index (χ1) is 13.7. The van der Waals surface area contributed by atoms with E-state index in [1.807, 2.05) is 36.4 Å². The van der Waals surface area contributed by atoms with Gasteiger partial charge in [0.25, 0.3) is 0 Å². The van der Waals surface area contributed by atoms with Crippen LogP contribution in [0.15, 0.2) is 70.6 Å². The predicted octanol–water partition coefficient (Wildman–Crippen LogP) is 4.92. The maximum absolute atomic E-state index is 11.3. The summed E-state index contributed by atoms with van der Waals surface area (Å²) in [7, 11) is 0. The molecule has 0 bridgehead atoms. The number of nitrogens with one attached hydrogen (secondary N) is 2. The van der Waals surface area contributed by atoms with Crippen LogP contribution in [0.5, 0.6) is 5.88 Å². The number of imidazole rings is 1. The zero-order valence-electron chi connectivity index (χ0n) is 15.0. The zero-order valence-corrected chi connectivity index (χ0v) is 16.6. The van der Waals surface area contributed by atoms with Crippen LogP contribution < -0.4 is 4.87 Å². The van der Waals surface area contributed by atoms with Gasteiger partial charge in [-0.2, -0.15) is 0 Å². The number of thioether (sulfide) groups is 1. The van der Waals surface area contributed by atoms with Gasteiger partial charge in [0, 0.05) is 16.9 Å². The highest BCUT2D eigenvalue weighted by Gasteiger charge is 2.14. The Balaban J connectivity index is 1.51. The summed E-state index contributed by atoms with van der Waals surface area (Å²) in [5, 5.41) is 10.5. The molecule has 0 aliphatic carbocycles.